The van der Waals surface area contributed by atoms with Crippen LogP contribution in [0.1, 0.15) is 12.7 Å². The molecule has 2 N–H and O–H groups in total. The van der Waals surface area contributed by atoms with Crippen LogP contribution in [-0.2, 0) is 5.75 Å². The molecule has 0 amide bonds. The smallest absolute Gasteiger partial charge is 0.169 e. The van der Waals surface area contributed by atoms with E-state index in [1.807, 2.05) is 12.1 Å². The molecule has 0 saturated heterocycles. The Hall–Kier alpha value is 0.0700. The third-order valence-corrected chi connectivity index (χ3v) is 3.11. The SMILES string of the molecule is CC(CN)SCc1ccc(Br)o1. The van der Waals surface area contributed by atoms with E-state index < -0.39 is 0 Å². The fourth-order valence-electron chi connectivity index (χ4n) is 0.722. The topological polar surface area (TPSA) is 39.2 Å². The molecule has 0 aliphatic carbocycles. The Morgan fingerprint density at radius 3 is 2.92 bits per heavy atom. The first-order valence-electron chi connectivity index (χ1n) is 3.78. The van der Waals surface area contributed by atoms with Gasteiger partial charge in [-0.05, 0) is 28.1 Å². The number of hydrogen-bond acceptors (Lipinski definition) is 3. The minimum Gasteiger partial charge on any atom is -0.453 e. The first-order valence-corrected chi connectivity index (χ1v) is 5.62. The van der Waals surface area contributed by atoms with Crippen molar-refractivity contribution in [3.05, 3.63) is 22.6 Å². The molecule has 0 aromatic carbocycles. The van der Waals surface area contributed by atoms with Crippen molar-refractivity contribution in [2.24, 2.45) is 5.73 Å². The summed E-state index contributed by atoms with van der Waals surface area (Å²) < 4.78 is 6.12. The second-order valence-electron chi connectivity index (χ2n) is 2.56. The van der Waals surface area contributed by atoms with Crippen molar-refractivity contribution < 1.29 is 4.42 Å². The van der Waals surface area contributed by atoms with E-state index in [-0.39, 0.29) is 0 Å². The summed E-state index contributed by atoms with van der Waals surface area (Å²) in [6.45, 7) is 2.83. The van der Waals surface area contributed by atoms with Crippen LogP contribution in [0.4, 0.5) is 0 Å². The molecule has 0 fully saturated rings. The molecule has 68 valence electrons. The zero-order chi connectivity index (χ0) is 8.97. The largest absolute Gasteiger partial charge is 0.453 e. The minimum absolute atomic E-state index is 0.494. The van der Waals surface area contributed by atoms with Crippen molar-refractivity contribution in [1.29, 1.82) is 0 Å². The van der Waals surface area contributed by atoms with Crippen LogP contribution in [0.5, 0.6) is 0 Å². The van der Waals surface area contributed by atoms with Gasteiger partial charge in [0.05, 0.1) is 5.75 Å². The highest BCUT2D eigenvalue weighted by Crippen LogP contribution is 2.21. The van der Waals surface area contributed by atoms with Gasteiger partial charge in [0.2, 0.25) is 0 Å². The number of furan rings is 1. The monoisotopic (exact) mass is 249 g/mol. The standard InChI is InChI=1S/C8H12BrNOS/c1-6(4-10)12-5-7-2-3-8(9)11-7/h2-3,6H,4-5,10H2,1H3. The molecule has 4 heteroatoms. The predicted octanol–water partition coefficient (Wildman–Crippen LogP) is 2.62. The van der Waals surface area contributed by atoms with Crippen LogP contribution in [-0.4, -0.2) is 11.8 Å². The second kappa shape index (κ2) is 4.94. The maximum Gasteiger partial charge on any atom is 0.169 e. The maximum absolute atomic E-state index is 5.48. The van der Waals surface area contributed by atoms with Gasteiger partial charge in [0.25, 0.3) is 0 Å². The molecule has 2 nitrogen and oxygen atoms in total. The predicted molar refractivity (Wildman–Crippen MR) is 56.2 cm³/mol. The highest BCUT2D eigenvalue weighted by atomic mass is 79.9. The Morgan fingerprint density at radius 1 is 1.67 bits per heavy atom. The Labute approximate surface area is 85.0 Å². The van der Waals surface area contributed by atoms with Crippen molar-refractivity contribution in [2.45, 2.75) is 17.9 Å². The van der Waals surface area contributed by atoms with E-state index in [1.54, 1.807) is 11.8 Å². The molecule has 0 bridgehead atoms. The summed E-state index contributed by atoms with van der Waals surface area (Å²) in [5.41, 5.74) is 5.48. The summed E-state index contributed by atoms with van der Waals surface area (Å²) in [4.78, 5) is 0. The van der Waals surface area contributed by atoms with Gasteiger partial charge in [-0.25, -0.2) is 0 Å². The summed E-state index contributed by atoms with van der Waals surface area (Å²) in [5.74, 6) is 1.89. The molecule has 12 heavy (non-hydrogen) atoms. The van der Waals surface area contributed by atoms with E-state index >= 15 is 0 Å². The van der Waals surface area contributed by atoms with E-state index in [4.69, 9.17) is 10.2 Å². The Bertz CT molecular complexity index is 239. The minimum atomic E-state index is 0.494. The highest BCUT2D eigenvalue weighted by Gasteiger charge is 2.03. The van der Waals surface area contributed by atoms with E-state index in [9.17, 15) is 0 Å². The van der Waals surface area contributed by atoms with Crippen molar-refractivity contribution in [3.63, 3.8) is 0 Å². The van der Waals surface area contributed by atoms with Gasteiger partial charge < -0.3 is 10.2 Å². The molecule has 0 aliphatic heterocycles. The van der Waals surface area contributed by atoms with E-state index in [2.05, 4.69) is 22.9 Å². The second-order valence-corrected chi connectivity index (χ2v) is 4.77. The molecule has 1 heterocycles. The number of rotatable bonds is 4. The van der Waals surface area contributed by atoms with E-state index in [0.717, 1.165) is 16.2 Å². The summed E-state index contributed by atoms with van der Waals surface area (Å²) in [6.07, 6.45) is 0. The lowest BCUT2D eigenvalue weighted by Crippen LogP contribution is -2.12. The zero-order valence-corrected chi connectivity index (χ0v) is 9.32. The molecule has 0 radical (unpaired) electrons. The summed E-state index contributed by atoms with van der Waals surface area (Å²) in [5, 5.41) is 0.494. The lowest BCUT2D eigenvalue weighted by Gasteiger charge is -2.05. The number of halogens is 1. The number of nitrogens with two attached hydrogens (primary N) is 1. The molecular weight excluding hydrogens is 238 g/mol. The van der Waals surface area contributed by atoms with Crippen LogP contribution in [0.15, 0.2) is 21.2 Å². The van der Waals surface area contributed by atoms with Crippen molar-refractivity contribution >= 4 is 27.7 Å². The van der Waals surface area contributed by atoms with Gasteiger partial charge in [-0.1, -0.05) is 6.92 Å². The van der Waals surface area contributed by atoms with Crippen LogP contribution in [0.25, 0.3) is 0 Å². The number of hydrogen-bond donors (Lipinski definition) is 1. The molecule has 0 saturated carbocycles. The quantitative estimate of drug-likeness (QED) is 0.892. The van der Waals surface area contributed by atoms with Crippen LogP contribution in [0, 0.1) is 0 Å². The zero-order valence-electron chi connectivity index (χ0n) is 6.92. The molecule has 1 aromatic rings. The summed E-state index contributed by atoms with van der Waals surface area (Å²) in [6, 6.07) is 3.88. The molecule has 1 aromatic heterocycles. The van der Waals surface area contributed by atoms with Gasteiger partial charge in [0.15, 0.2) is 4.67 Å². The van der Waals surface area contributed by atoms with Crippen LogP contribution in [0.2, 0.25) is 0 Å². The average Bonchev–Trinajstić information content (AvgIpc) is 2.47. The summed E-state index contributed by atoms with van der Waals surface area (Å²) in [7, 11) is 0. The van der Waals surface area contributed by atoms with Gasteiger partial charge in [-0.15, -0.1) is 11.8 Å². The average molecular weight is 250 g/mol. The van der Waals surface area contributed by atoms with E-state index in [1.165, 1.54) is 0 Å². The lowest BCUT2D eigenvalue weighted by atomic mass is 10.5. The first-order chi connectivity index (χ1) is 5.72. The third kappa shape index (κ3) is 3.21. The fraction of sp³-hybridized carbons (Fsp3) is 0.500. The van der Waals surface area contributed by atoms with E-state index in [0.29, 0.717) is 11.8 Å². The maximum atomic E-state index is 5.48. The van der Waals surface area contributed by atoms with Crippen LogP contribution >= 0.6 is 27.7 Å². The molecule has 0 spiro atoms. The normalized spacial score (nSPS) is 13.2. The highest BCUT2D eigenvalue weighted by molar-refractivity contribution is 9.10. The first kappa shape index (κ1) is 10.2. The molecule has 1 atom stereocenters. The molecule has 0 aliphatic rings. The van der Waals surface area contributed by atoms with Crippen LogP contribution < -0.4 is 5.73 Å². The molecule has 1 rings (SSSR count). The van der Waals surface area contributed by atoms with Crippen LogP contribution in [0.3, 0.4) is 0 Å². The van der Waals surface area contributed by atoms with Gasteiger partial charge >= 0.3 is 0 Å². The Kier molecular flexibility index (Phi) is 4.18. The molecule has 1 unspecified atom stereocenters. The van der Waals surface area contributed by atoms with Gasteiger partial charge in [-0.2, -0.15) is 0 Å². The van der Waals surface area contributed by atoms with Crippen molar-refractivity contribution in [1.82, 2.24) is 0 Å². The Balaban J connectivity index is 2.33. The van der Waals surface area contributed by atoms with Gasteiger partial charge in [0, 0.05) is 11.8 Å². The number of thioether (sulfide) groups is 1. The van der Waals surface area contributed by atoms with Crippen molar-refractivity contribution in [3.8, 4) is 0 Å². The third-order valence-electron chi connectivity index (χ3n) is 1.47. The summed E-state index contributed by atoms with van der Waals surface area (Å²) >= 11 is 5.06. The Morgan fingerprint density at radius 2 is 2.42 bits per heavy atom. The van der Waals surface area contributed by atoms with Gasteiger partial charge in [0.1, 0.15) is 5.76 Å². The van der Waals surface area contributed by atoms with Crippen molar-refractivity contribution in [2.75, 3.05) is 6.54 Å². The van der Waals surface area contributed by atoms with Gasteiger partial charge in [-0.3, -0.25) is 0 Å². The lowest BCUT2D eigenvalue weighted by molar-refractivity contribution is 0.506. The molecular formula is C8H12BrNOS. The fourth-order valence-corrected chi connectivity index (χ4v) is 1.80.